The summed E-state index contributed by atoms with van der Waals surface area (Å²) in [5.74, 6) is -0.218. The van der Waals surface area contributed by atoms with Crippen molar-refractivity contribution in [3.05, 3.63) is 0 Å². The summed E-state index contributed by atoms with van der Waals surface area (Å²) in [6.07, 6.45) is 0.0748. The van der Waals surface area contributed by atoms with Crippen molar-refractivity contribution in [2.75, 3.05) is 13.2 Å². The minimum Gasteiger partial charge on any atom is -0.465 e. The number of aliphatic hydroxyl groups excluding tert-OH is 1. The summed E-state index contributed by atoms with van der Waals surface area (Å²) >= 11 is 0. The summed E-state index contributed by atoms with van der Waals surface area (Å²) in [6.45, 7) is 7.76. The van der Waals surface area contributed by atoms with Crippen LogP contribution < -0.4 is 5.32 Å². The monoisotopic (exact) mass is 231 g/mol. The number of β-amino-alcohol motifs (C(OH)–C–C–N with tert-alkyl or cyclic N) is 1. The van der Waals surface area contributed by atoms with Crippen LogP contribution in [0.5, 0.6) is 0 Å². The Hall–Kier alpha value is -0.393. The first-order valence-electron chi connectivity index (χ1n) is 5.46. The van der Waals surface area contributed by atoms with E-state index in [1.54, 1.807) is 0 Å². The smallest absolute Gasteiger partial charge is 0.323 e. The molecule has 0 spiro atoms. The Morgan fingerprint density at radius 2 is 2.20 bits per heavy atom. The van der Waals surface area contributed by atoms with E-state index in [2.05, 4.69) is 25.0 Å². The van der Waals surface area contributed by atoms with Gasteiger partial charge >= 0.3 is 5.97 Å². The predicted octanol–water partition coefficient (Wildman–Crippen LogP) is 0.591. The molecule has 1 aliphatic rings. The molecule has 1 fully saturated rings. The van der Waals surface area contributed by atoms with E-state index in [0.29, 0.717) is 19.6 Å². The first-order chi connectivity index (χ1) is 6.88. The van der Waals surface area contributed by atoms with Gasteiger partial charge in [0.15, 0.2) is 0 Å². The second kappa shape index (κ2) is 5.09. The van der Waals surface area contributed by atoms with E-state index in [0.717, 1.165) is 6.04 Å². The van der Waals surface area contributed by atoms with Crippen LogP contribution >= 0.6 is 0 Å². The molecule has 15 heavy (non-hydrogen) atoms. The zero-order valence-electron chi connectivity index (χ0n) is 9.75. The first-order valence-corrected chi connectivity index (χ1v) is 9.17. The van der Waals surface area contributed by atoms with Crippen LogP contribution in [-0.4, -0.2) is 44.4 Å². The van der Waals surface area contributed by atoms with Crippen molar-refractivity contribution in [1.29, 1.82) is 0 Å². The predicted molar refractivity (Wildman–Crippen MR) is 61.5 cm³/mol. The molecule has 0 aromatic rings. The quantitative estimate of drug-likeness (QED) is 0.549. The highest BCUT2D eigenvalue weighted by atomic mass is 28.3. The molecule has 0 radical (unpaired) electrons. The van der Waals surface area contributed by atoms with Crippen molar-refractivity contribution < 1.29 is 14.6 Å². The van der Waals surface area contributed by atoms with Gasteiger partial charge in [-0.2, -0.15) is 0 Å². The van der Waals surface area contributed by atoms with Gasteiger partial charge in [0, 0.05) is 21.0 Å². The normalized spacial score (nSPS) is 26.7. The molecule has 5 heteroatoms. The van der Waals surface area contributed by atoms with Crippen LogP contribution in [0, 0.1) is 0 Å². The topological polar surface area (TPSA) is 58.6 Å². The van der Waals surface area contributed by atoms with Gasteiger partial charge in [-0.25, -0.2) is 0 Å². The number of ether oxygens (including phenoxy) is 1. The zero-order chi connectivity index (χ0) is 11.5. The Kier molecular flexibility index (Phi) is 4.30. The summed E-state index contributed by atoms with van der Waals surface area (Å²) < 4.78 is 5.17. The van der Waals surface area contributed by atoms with Crippen molar-refractivity contribution >= 4 is 14.0 Å². The van der Waals surface area contributed by atoms with Gasteiger partial charge in [0.1, 0.15) is 6.04 Å². The number of nitrogens with one attached hydrogen (secondary N) is 1. The number of carbonyl (C=O) groups is 1. The summed E-state index contributed by atoms with van der Waals surface area (Å²) in [5.41, 5.74) is 0. The van der Waals surface area contributed by atoms with Crippen LogP contribution in [-0.2, 0) is 9.53 Å². The standard InChI is InChI=1S/C10H21NO3Si/c1-15(2,3)5-4-14-10(13)9-6-8(12)7-11-9/h8-9,11-12H,4-7H2,1-3H3/t8-,9+/m0/s1. The lowest BCUT2D eigenvalue weighted by Gasteiger charge is -2.16. The van der Waals surface area contributed by atoms with Crippen LogP contribution in [0.15, 0.2) is 0 Å². The molecule has 0 amide bonds. The molecular weight excluding hydrogens is 210 g/mol. The van der Waals surface area contributed by atoms with Gasteiger partial charge in [0.25, 0.3) is 0 Å². The van der Waals surface area contributed by atoms with E-state index >= 15 is 0 Å². The molecule has 0 aliphatic carbocycles. The van der Waals surface area contributed by atoms with Crippen LogP contribution in [0.25, 0.3) is 0 Å². The van der Waals surface area contributed by atoms with Crippen LogP contribution in [0.3, 0.4) is 0 Å². The highest BCUT2D eigenvalue weighted by Crippen LogP contribution is 2.11. The fraction of sp³-hybridized carbons (Fsp3) is 0.900. The SMILES string of the molecule is C[Si](C)(C)CCOC(=O)[C@H]1C[C@H](O)CN1. The molecular formula is C10H21NO3Si. The Bertz CT molecular complexity index is 227. The van der Waals surface area contributed by atoms with Gasteiger partial charge in [0.2, 0.25) is 0 Å². The van der Waals surface area contributed by atoms with Crippen molar-refractivity contribution in [1.82, 2.24) is 5.32 Å². The highest BCUT2D eigenvalue weighted by Gasteiger charge is 2.29. The Morgan fingerprint density at radius 3 is 2.67 bits per heavy atom. The molecule has 0 saturated carbocycles. The van der Waals surface area contributed by atoms with Gasteiger partial charge in [-0.3, -0.25) is 4.79 Å². The third-order valence-electron chi connectivity index (χ3n) is 2.49. The maximum atomic E-state index is 11.5. The second-order valence-corrected chi connectivity index (χ2v) is 10.9. The fourth-order valence-electron chi connectivity index (χ4n) is 1.45. The van der Waals surface area contributed by atoms with Gasteiger partial charge in [-0.05, 0) is 6.04 Å². The lowest BCUT2D eigenvalue weighted by molar-refractivity contribution is -0.145. The molecule has 2 N–H and O–H groups in total. The van der Waals surface area contributed by atoms with Gasteiger partial charge in [-0.15, -0.1) is 0 Å². The molecule has 1 rings (SSSR count). The molecule has 0 unspecified atom stereocenters. The highest BCUT2D eigenvalue weighted by molar-refractivity contribution is 6.76. The number of esters is 1. The van der Waals surface area contributed by atoms with Gasteiger partial charge < -0.3 is 15.2 Å². The molecule has 0 aromatic carbocycles. The number of rotatable bonds is 4. The third kappa shape index (κ3) is 4.77. The number of hydrogen-bond donors (Lipinski definition) is 2. The van der Waals surface area contributed by atoms with E-state index in [1.165, 1.54) is 0 Å². The van der Waals surface area contributed by atoms with Crippen LogP contribution in [0.2, 0.25) is 25.7 Å². The first kappa shape index (κ1) is 12.7. The maximum absolute atomic E-state index is 11.5. The average molecular weight is 231 g/mol. The summed E-state index contributed by atoms with van der Waals surface area (Å²) in [4.78, 5) is 11.5. The van der Waals surface area contributed by atoms with E-state index < -0.39 is 14.2 Å². The lowest BCUT2D eigenvalue weighted by Crippen LogP contribution is -2.33. The Morgan fingerprint density at radius 1 is 1.53 bits per heavy atom. The van der Waals surface area contributed by atoms with Crippen molar-refractivity contribution in [2.45, 2.75) is 44.3 Å². The Balaban J connectivity index is 2.19. The zero-order valence-corrected chi connectivity index (χ0v) is 10.7. The van der Waals surface area contributed by atoms with E-state index in [4.69, 9.17) is 4.74 Å². The molecule has 0 aromatic heterocycles. The minimum absolute atomic E-state index is 0.218. The second-order valence-electron chi connectivity index (χ2n) is 5.33. The average Bonchev–Trinajstić information content (AvgIpc) is 2.49. The molecule has 2 atom stereocenters. The molecule has 1 aliphatic heterocycles. The third-order valence-corrected chi connectivity index (χ3v) is 4.19. The number of aliphatic hydroxyl groups is 1. The fourth-order valence-corrected chi connectivity index (χ4v) is 2.17. The molecule has 88 valence electrons. The van der Waals surface area contributed by atoms with Crippen molar-refractivity contribution in [2.24, 2.45) is 0 Å². The van der Waals surface area contributed by atoms with E-state index in [1.807, 2.05) is 0 Å². The van der Waals surface area contributed by atoms with Crippen LogP contribution in [0.1, 0.15) is 6.42 Å². The molecule has 1 heterocycles. The molecule has 1 saturated heterocycles. The maximum Gasteiger partial charge on any atom is 0.323 e. The van der Waals surface area contributed by atoms with E-state index in [-0.39, 0.29) is 12.0 Å². The Labute approximate surface area is 92.0 Å². The minimum atomic E-state index is -1.12. The number of hydrogen-bond acceptors (Lipinski definition) is 4. The summed E-state index contributed by atoms with van der Waals surface area (Å²) in [5, 5.41) is 12.2. The van der Waals surface area contributed by atoms with E-state index in [9.17, 15) is 9.90 Å². The number of carbonyl (C=O) groups excluding carboxylic acids is 1. The molecule has 4 nitrogen and oxygen atoms in total. The largest absolute Gasteiger partial charge is 0.465 e. The summed E-state index contributed by atoms with van der Waals surface area (Å²) in [7, 11) is -1.12. The van der Waals surface area contributed by atoms with Gasteiger partial charge in [-0.1, -0.05) is 19.6 Å². The van der Waals surface area contributed by atoms with Crippen molar-refractivity contribution in [3.63, 3.8) is 0 Å². The lowest BCUT2D eigenvalue weighted by atomic mass is 10.2. The molecule has 0 bridgehead atoms. The summed E-state index contributed by atoms with van der Waals surface area (Å²) in [6, 6.07) is 0.690. The van der Waals surface area contributed by atoms with Crippen LogP contribution in [0.4, 0.5) is 0 Å². The van der Waals surface area contributed by atoms with Gasteiger partial charge in [0.05, 0.1) is 12.7 Å². The van der Waals surface area contributed by atoms with Crippen molar-refractivity contribution in [3.8, 4) is 0 Å².